The lowest BCUT2D eigenvalue weighted by molar-refractivity contribution is 0.166. The minimum Gasteiger partial charge on any atom is -0.493 e. The molecule has 0 spiro atoms. The molecule has 2 aromatic carbocycles. The summed E-state index contributed by atoms with van der Waals surface area (Å²) in [5.74, 6) is 2.22. The Morgan fingerprint density at radius 2 is 2.03 bits per heavy atom. The second-order valence-corrected chi connectivity index (χ2v) is 8.71. The minimum absolute atomic E-state index is 0.362. The Kier molecular flexibility index (Phi) is 9.38. The van der Waals surface area contributed by atoms with Crippen molar-refractivity contribution in [2.24, 2.45) is 10.9 Å². The van der Waals surface area contributed by atoms with Gasteiger partial charge in [0.05, 0.1) is 13.2 Å². The van der Waals surface area contributed by atoms with E-state index in [9.17, 15) is 0 Å². The molecule has 0 bridgehead atoms. The molecule has 0 aromatic heterocycles. The van der Waals surface area contributed by atoms with Crippen molar-refractivity contribution in [2.75, 3.05) is 40.5 Å². The maximum absolute atomic E-state index is 6.17. The molecule has 2 atom stereocenters. The van der Waals surface area contributed by atoms with Crippen LogP contribution >= 0.6 is 0 Å². The van der Waals surface area contributed by atoms with Gasteiger partial charge in [-0.25, -0.2) is 0 Å². The van der Waals surface area contributed by atoms with E-state index in [0.717, 1.165) is 50.0 Å². The molecule has 1 saturated heterocycles. The maximum Gasteiger partial charge on any atom is 0.191 e. The average molecular weight is 439 g/mol. The lowest BCUT2D eigenvalue weighted by atomic mass is 10.1. The third kappa shape index (κ3) is 7.53. The number of hydrogen-bond donors (Lipinski definition) is 2. The normalized spacial score (nSPS) is 17.4. The summed E-state index contributed by atoms with van der Waals surface area (Å²) in [6.45, 7) is 9.05. The van der Waals surface area contributed by atoms with Gasteiger partial charge in [-0.05, 0) is 44.5 Å². The van der Waals surface area contributed by atoms with E-state index in [-0.39, 0.29) is 0 Å². The molecule has 1 aliphatic rings. The van der Waals surface area contributed by atoms with Crippen molar-refractivity contribution in [1.29, 1.82) is 0 Å². The molecular weight excluding hydrogens is 400 g/mol. The lowest BCUT2D eigenvalue weighted by Crippen LogP contribution is -2.44. The van der Waals surface area contributed by atoms with Gasteiger partial charge in [-0.15, -0.1) is 0 Å². The Balaban J connectivity index is 1.48. The van der Waals surface area contributed by atoms with Crippen LogP contribution in [0, 0.1) is 12.8 Å². The van der Waals surface area contributed by atoms with Crippen LogP contribution < -0.4 is 15.4 Å². The van der Waals surface area contributed by atoms with Crippen molar-refractivity contribution in [1.82, 2.24) is 15.5 Å². The van der Waals surface area contributed by atoms with Crippen LogP contribution in [-0.4, -0.2) is 57.4 Å². The van der Waals surface area contributed by atoms with Crippen molar-refractivity contribution in [3.63, 3.8) is 0 Å². The van der Waals surface area contributed by atoms with Gasteiger partial charge >= 0.3 is 0 Å². The van der Waals surface area contributed by atoms with Crippen LogP contribution in [0.15, 0.2) is 53.5 Å². The number of rotatable bonds is 10. The van der Waals surface area contributed by atoms with Crippen LogP contribution in [0.25, 0.3) is 0 Å². The van der Waals surface area contributed by atoms with Gasteiger partial charge in [0.1, 0.15) is 5.75 Å². The zero-order valence-electron chi connectivity index (χ0n) is 19.9. The zero-order valence-corrected chi connectivity index (χ0v) is 19.9. The number of aliphatic imine (C=N–C) groups is 1. The van der Waals surface area contributed by atoms with E-state index in [1.807, 2.05) is 0 Å². The van der Waals surface area contributed by atoms with Gasteiger partial charge in [-0.1, -0.05) is 42.5 Å². The monoisotopic (exact) mass is 438 g/mol. The molecule has 0 saturated carbocycles. The number of nitrogens with one attached hydrogen (secondary N) is 2. The molecule has 3 rings (SSSR count). The fourth-order valence-electron chi connectivity index (χ4n) is 3.69. The summed E-state index contributed by atoms with van der Waals surface area (Å²) in [6, 6.07) is 17.3. The summed E-state index contributed by atoms with van der Waals surface area (Å²) in [6.07, 6.45) is 1.08. The van der Waals surface area contributed by atoms with E-state index >= 15 is 0 Å². The summed E-state index contributed by atoms with van der Waals surface area (Å²) >= 11 is 0. The molecule has 0 radical (unpaired) electrons. The smallest absolute Gasteiger partial charge is 0.191 e. The summed E-state index contributed by atoms with van der Waals surface area (Å²) in [5, 5.41) is 6.89. The van der Waals surface area contributed by atoms with E-state index < -0.39 is 0 Å². The maximum atomic E-state index is 6.17. The molecule has 2 unspecified atom stereocenters. The highest BCUT2D eigenvalue weighted by Gasteiger charge is 2.17. The second kappa shape index (κ2) is 12.5. The second-order valence-electron chi connectivity index (χ2n) is 8.71. The number of nitrogens with zero attached hydrogens (tertiary/aromatic N) is 2. The topological polar surface area (TPSA) is 58.1 Å². The average Bonchev–Trinajstić information content (AvgIpc) is 3.33. The van der Waals surface area contributed by atoms with Crippen LogP contribution in [0.5, 0.6) is 5.75 Å². The molecule has 6 nitrogen and oxygen atoms in total. The van der Waals surface area contributed by atoms with Crippen LogP contribution in [-0.2, 0) is 17.8 Å². The van der Waals surface area contributed by atoms with Crippen LogP contribution in [0.4, 0.5) is 0 Å². The molecule has 174 valence electrons. The van der Waals surface area contributed by atoms with Gasteiger partial charge < -0.3 is 20.1 Å². The molecule has 2 N–H and O–H groups in total. The van der Waals surface area contributed by atoms with Crippen molar-refractivity contribution in [3.05, 3.63) is 65.2 Å². The summed E-state index contributed by atoms with van der Waals surface area (Å²) in [7, 11) is 3.96. The van der Waals surface area contributed by atoms with Gasteiger partial charge in [-0.2, -0.15) is 0 Å². The number of likely N-dealkylation sites (N-methyl/N-ethyl adjacent to an activating group) is 1. The molecular formula is C26H38N4O2. The zero-order chi connectivity index (χ0) is 22.8. The van der Waals surface area contributed by atoms with Gasteiger partial charge in [0.25, 0.3) is 0 Å². The van der Waals surface area contributed by atoms with E-state index in [4.69, 9.17) is 9.47 Å². The first kappa shape index (κ1) is 24.1. The first-order valence-electron chi connectivity index (χ1n) is 11.5. The van der Waals surface area contributed by atoms with E-state index in [2.05, 4.69) is 90.0 Å². The minimum atomic E-state index is 0.362. The third-order valence-corrected chi connectivity index (χ3v) is 5.98. The van der Waals surface area contributed by atoms with Gasteiger partial charge in [0, 0.05) is 50.8 Å². The van der Waals surface area contributed by atoms with E-state index in [1.165, 1.54) is 11.1 Å². The quantitative estimate of drug-likeness (QED) is 0.439. The van der Waals surface area contributed by atoms with Crippen LogP contribution in [0.3, 0.4) is 0 Å². The van der Waals surface area contributed by atoms with Crippen molar-refractivity contribution in [2.45, 2.75) is 39.4 Å². The third-order valence-electron chi connectivity index (χ3n) is 5.98. The van der Waals surface area contributed by atoms with Gasteiger partial charge in [0.2, 0.25) is 0 Å². The molecule has 1 aliphatic heterocycles. The molecule has 6 heteroatoms. The number of ether oxygens (including phenoxy) is 2. The van der Waals surface area contributed by atoms with Crippen LogP contribution in [0.2, 0.25) is 0 Å². The number of guanidine groups is 1. The summed E-state index contributed by atoms with van der Waals surface area (Å²) in [5.41, 5.74) is 3.65. The Hall–Kier alpha value is -2.57. The molecule has 1 fully saturated rings. The SMILES string of the molecule is CN=C(NCc1ccc(C)cc1OCC1CCOC1)NCC(C)N(C)Cc1ccccc1. The Bertz CT molecular complexity index is 850. The number of hydrogen-bond acceptors (Lipinski definition) is 4. The highest BCUT2D eigenvalue weighted by molar-refractivity contribution is 5.79. The van der Waals surface area contributed by atoms with Crippen molar-refractivity contribution < 1.29 is 9.47 Å². The van der Waals surface area contributed by atoms with Crippen LogP contribution in [0.1, 0.15) is 30.0 Å². The van der Waals surface area contributed by atoms with Gasteiger partial charge in [0.15, 0.2) is 5.96 Å². The molecule has 1 heterocycles. The van der Waals surface area contributed by atoms with Gasteiger partial charge in [-0.3, -0.25) is 9.89 Å². The number of benzene rings is 2. The van der Waals surface area contributed by atoms with E-state index in [0.29, 0.717) is 25.1 Å². The molecule has 0 amide bonds. The first-order chi connectivity index (χ1) is 15.5. The lowest BCUT2D eigenvalue weighted by Gasteiger charge is -2.26. The Morgan fingerprint density at radius 1 is 1.22 bits per heavy atom. The van der Waals surface area contributed by atoms with E-state index in [1.54, 1.807) is 7.05 Å². The predicted octanol–water partition coefficient (Wildman–Crippen LogP) is 3.60. The Labute approximate surface area is 193 Å². The fraction of sp³-hybridized carbons (Fsp3) is 0.500. The van der Waals surface area contributed by atoms with Crippen molar-refractivity contribution >= 4 is 5.96 Å². The molecule has 2 aromatic rings. The fourth-order valence-corrected chi connectivity index (χ4v) is 3.69. The standard InChI is InChI=1S/C26H38N4O2/c1-20-10-11-24(25(14-20)32-19-23-12-13-31-18-23)16-29-26(27-3)28-15-21(2)30(4)17-22-8-6-5-7-9-22/h5-11,14,21,23H,12-13,15-19H2,1-4H3,(H2,27,28,29). The summed E-state index contributed by atoms with van der Waals surface area (Å²) in [4.78, 5) is 6.73. The largest absolute Gasteiger partial charge is 0.493 e. The first-order valence-corrected chi connectivity index (χ1v) is 11.5. The molecule has 32 heavy (non-hydrogen) atoms. The highest BCUT2D eigenvalue weighted by atomic mass is 16.5. The molecule has 0 aliphatic carbocycles. The van der Waals surface area contributed by atoms with Crippen molar-refractivity contribution in [3.8, 4) is 5.75 Å². The number of aryl methyl sites for hydroxylation is 1. The highest BCUT2D eigenvalue weighted by Crippen LogP contribution is 2.22. The predicted molar refractivity (Wildman–Crippen MR) is 131 cm³/mol. The Morgan fingerprint density at radius 3 is 2.75 bits per heavy atom. The summed E-state index contributed by atoms with van der Waals surface area (Å²) < 4.78 is 11.6.